The van der Waals surface area contributed by atoms with Gasteiger partial charge in [0.1, 0.15) is 11.6 Å². The number of aromatic nitrogens is 3. The highest BCUT2D eigenvalue weighted by molar-refractivity contribution is 6.06. The molecule has 1 N–H and O–H groups in total. The molecule has 0 atom stereocenters. The lowest BCUT2D eigenvalue weighted by Crippen LogP contribution is -2.30. The van der Waals surface area contributed by atoms with Crippen LogP contribution in [0.5, 0.6) is 0 Å². The van der Waals surface area contributed by atoms with E-state index in [9.17, 15) is 18.0 Å². The van der Waals surface area contributed by atoms with E-state index in [1.54, 1.807) is 24.3 Å². The van der Waals surface area contributed by atoms with Crippen LogP contribution in [0.25, 0.3) is 11.1 Å². The summed E-state index contributed by atoms with van der Waals surface area (Å²) >= 11 is 0. The zero-order chi connectivity index (χ0) is 23.4. The molecular formula is C25H23F3N4O. The van der Waals surface area contributed by atoms with Gasteiger partial charge in [-0.3, -0.25) is 9.78 Å². The van der Waals surface area contributed by atoms with Crippen molar-refractivity contribution in [1.82, 2.24) is 15.0 Å². The van der Waals surface area contributed by atoms with Crippen LogP contribution in [0.15, 0.2) is 48.9 Å². The summed E-state index contributed by atoms with van der Waals surface area (Å²) in [7, 11) is 0. The van der Waals surface area contributed by atoms with Gasteiger partial charge in [0.15, 0.2) is 0 Å². The zero-order valence-electron chi connectivity index (χ0n) is 18.3. The molecule has 2 aromatic heterocycles. The second-order valence-electron chi connectivity index (χ2n) is 9.30. The molecule has 2 heterocycles. The fraction of sp³-hybridized carbons (Fsp3) is 0.360. The number of nitrogens with one attached hydrogen (secondary N) is 1. The number of benzene rings is 1. The SMILES string of the molecule is CC(C)c1ncc(C(=O)Nc2c(-c3ccccc3F)ccnc2C2CC3(C2)CC3(F)F)cn1. The molecule has 1 aromatic carbocycles. The van der Waals surface area contributed by atoms with Gasteiger partial charge in [0.25, 0.3) is 11.8 Å². The van der Waals surface area contributed by atoms with Crippen LogP contribution in [0.3, 0.4) is 0 Å². The minimum absolute atomic E-state index is 0.106. The van der Waals surface area contributed by atoms with E-state index in [2.05, 4.69) is 20.3 Å². The van der Waals surface area contributed by atoms with Gasteiger partial charge in [-0.2, -0.15) is 0 Å². The Kier molecular flexibility index (Phi) is 4.99. The van der Waals surface area contributed by atoms with Gasteiger partial charge >= 0.3 is 0 Å². The van der Waals surface area contributed by atoms with Crippen LogP contribution in [0.4, 0.5) is 18.9 Å². The van der Waals surface area contributed by atoms with Crippen LogP contribution in [0.1, 0.15) is 66.8 Å². The van der Waals surface area contributed by atoms with Gasteiger partial charge in [-0.15, -0.1) is 0 Å². The highest BCUT2D eigenvalue weighted by Crippen LogP contribution is 2.74. The molecule has 33 heavy (non-hydrogen) atoms. The van der Waals surface area contributed by atoms with Crippen LogP contribution in [0.2, 0.25) is 0 Å². The van der Waals surface area contributed by atoms with E-state index < -0.39 is 23.1 Å². The topological polar surface area (TPSA) is 67.8 Å². The van der Waals surface area contributed by atoms with Gasteiger partial charge < -0.3 is 5.32 Å². The number of halogens is 3. The van der Waals surface area contributed by atoms with Gasteiger partial charge in [0.05, 0.1) is 16.9 Å². The number of rotatable bonds is 5. The molecule has 3 aromatic rings. The summed E-state index contributed by atoms with van der Waals surface area (Å²) in [5.74, 6) is -3.06. The van der Waals surface area contributed by atoms with Gasteiger partial charge in [-0.25, -0.2) is 23.1 Å². The number of hydrogen-bond donors (Lipinski definition) is 1. The average Bonchev–Trinajstić information content (AvgIpc) is 3.36. The zero-order valence-corrected chi connectivity index (χ0v) is 18.3. The average molecular weight is 452 g/mol. The van der Waals surface area contributed by atoms with E-state index >= 15 is 0 Å². The van der Waals surface area contributed by atoms with E-state index in [0.29, 0.717) is 41.2 Å². The van der Waals surface area contributed by atoms with Crippen molar-refractivity contribution in [2.45, 2.75) is 50.9 Å². The third-order valence-corrected chi connectivity index (χ3v) is 6.71. The van der Waals surface area contributed by atoms with Crippen molar-refractivity contribution in [1.29, 1.82) is 0 Å². The smallest absolute Gasteiger partial charge is 0.258 e. The maximum atomic E-state index is 14.6. The molecule has 5 rings (SSSR count). The summed E-state index contributed by atoms with van der Waals surface area (Å²) in [6, 6.07) is 7.85. The Morgan fingerprint density at radius 2 is 1.73 bits per heavy atom. The molecule has 1 amide bonds. The van der Waals surface area contributed by atoms with Crippen molar-refractivity contribution in [2.75, 3.05) is 5.32 Å². The van der Waals surface area contributed by atoms with Crippen molar-refractivity contribution < 1.29 is 18.0 Å². The maximum absolute atomic E-state index is 14.6. The molecule has 2 aliphatic rings. The fourth-order valence-electron chi connectivity index (χ4n) is 4.66. The summed E-state index contributed by atoms with van der Waals surface area (Å²) in [6.07, 6.45) is 4.90. The lowest BCUT2D eigenvalue weighted by Gasteiger charge is -2.36. The first-order valence-electron chi connectivity index (χ1n) is 11.0. The molecular weight excluding hydrogens is 429 g/mol. The van der Waals surface area contributed by atoms with Gasteiger partial charge in [-0.1, -0.05) is 32.0 Å². The monoisotopic (exact) mass is 452 g/mol. The van der Waals surface area contributed by atoms with Crippen molar-refractivity contribution in [2.24, 2.45) is 5.41 Å². The van der Waals surface area contributed by atoms with E-state index in [-0.39, 0.29) is 23.8 Å². The number of nitrogens with zero attached hydrogens (tertiary/aromatic N) is 3. The van der Waals surface area contributed by atoms with Crippen LogP contribution in [-0.4, -0.2) is 26.8 Å². The Bertz CT molecular complexity index is 1220. The first-order valence-corrected chi connectivity index (χ1v) is 11.0. The Labute approximate surface area is 189 Å². The van der Waals surface area contributed by atoms with Gasteiger partial charge in [0, 0.05) is 53.4 Å². The predicted octanol–water partition coefficient (Wildman–Crippen LogP) is 5.96. The van der Waals surface area contributed by atoms with Gasteiger partial charge in [0.2, 0.25) is 0 Å². The number of carbonyl (C=O) groups excluding carboxylic acids is 1. The summed E-state index contributed by atoms with van der Waals surface area (Å²) in [5, 5.41) is 2.85. The molecule has 0 aliphatic heterocycles. The molecule has 0 unspecified atom stereocenters. The summed E-state index contributed by atoms with van der Waals surface area (Å²) in [6.45, 7) is 3.90. The van der Waals surface area contributed by atoms with Crippen LogP contribution < -0.4 is 5.32 Å². The summed E-state index contributed by atoms with van der Waals surface area (Å²) in [5.41, 5.74) is 0.882. The quantitative estimate of drug-likeness (QED) is 0.519. The third-order valence-electron chi connectivity index (χ3n) is 6.71. The normalized spacial score (nSPS) is 22.8. The first-order chi connectivity index (χ1) is 15.7. The van der Waals surface area contributed by atoms with E-state index in [0.717, 1.165) is 0 Å². The second-order valence-corrected chi connectivity index (χ2v) is 9.30. The minimum atomic E-state index is -2.63. The van der Waals surface area contributed by atoms with Crippen LogP contribution in [0, 0.1) is 11.2 Å². The second kappa shape index (κ2) is 7.64. The molecule has 0 saturated heterocycles. The van der Waals surface area contributed by atoms with Crippen molar-refractivity contribution >= 4 is 11.6 Å². The van der Waals surface area contributed by atoms with Crippen LogP contribution in [-0.2, 0) is 0 Å². The summed E-state index contributed by atoms with van der Waals surface area (Å²) < 4.78 is 42.2. The number of anilines is 1. The molecule has 0 bridgehead atoms. The third kappa shape index (κ3) is 3.67. The van der Waals surface area contributed by atoms with Crippen molar-refractivity contribution in [3.63, 3.8) is 0 Å². The number of hydrogen-bond acceptors (Lipinski definition) is 4. The molecule has 2 fully saturated rings. The molecule has 170 valence electrons. The lowest BCUT2D eigenvalue weighted by atomic mass is 9.69. The Hall–Kier alpha value is -3.29. The van der Waals surface area contributed by atoms with Gasteiger partial charge in [-0.05, 0) is 25.0 Å². The molecule has 2 saturated carbocycles. The van der Waals surface area contributed by atoms with Crippen molar-refractivity contribution in [3.05, 3.63) is 71.8 Å². The molecule has 5 nitrogen and oxygen atoms in total. The molecule has 8 heteroatoms. The first kappa shape index (κ1) is 21.6. The Balaban J connectivity index is 1.51. The Morgan fingerprint density at radius 3 is 2.33 bits per heavy atom. The molecule has 0 radical (unpaired) electrons. The largest absolute Gasteiger partial charge is 0.320 e. The minimum Gasteiger partial charge on any atom is -0.320 e. The van der Waals surface area contributed by atoms with E-state index in [1.165, 1.54) is 24.7 Å². The highest BCUT2D eigenvalue weighted by atomic mass is 19.3. The van der Waals surface area contributed by atoms with E-state index in [4.69, 9.17) is 0 Å². The standard InChI is InChI=1S/C25H23F3N4O/c1-14(2)22-30-11-16(12-31-22)23(33)32-21-18(17-5-3-4-6-19(17)26)7-8-29-20(21)15-9-24(10-15)13-25(24,27)28/h3-8,11-12,14-15H,9-10,13H2,1-2H3,(H,32,33). The number of carbonyl (C=O) groups is 1. The maximum Gasteiger partial charge on any atom is 0.258 e. The number of alkyl halides is 2. The predicted molar refractivity (Wildman–Crippen MR) is 118 cm³/mol. The van der Waals surface area contributed by atoms with Crippen LogP contribution >= 0.6 is 0 Å². The number of amides is 1. The van der Waals surface area contributed by atoms with E-state index in [1.807, 2.05) is 13.8 Å². The molecule has 2 aliphatic carbocycles. The Morgan fingerprint density at radius 1 is 1.06 bits per heavy atom. The lowest BCUT2D eigenvalue weighted by molar-refractivity contribution is 0.0194. The highest BCUT2D eigenvalue weighted by Gasteiger charge is 2.75. The van der Waals surface area contributed by atoms with Crippen molar-refractivity contribution in [3.8, 4) is 11.1 Å². The summed E-state index contributed by atoms with van der Waals surface area (Å²) in [4.78, 5) is 25.9. The fourth-order valence-corrected chi connectivity index (χ4v) is 4.66. The molecule has 1 spiro atoms. The number of pyridine rings is 1.